The Morgan fingerprint density at radius 1 is 1.50 bits per heavy atom. The van der Waals surface area contributed by atoms with E-state index < -0.39 is 0 Å². The lowest BCUT2D eigenvalue weighted by molar-refractivity contribution is -0.131. The minimum Gasteiger partial charge on any atom is -0.496 e. The van der Waals surface area contributed by atoms with Crippen molar-refractivity contribution in [1.82, 2.24) is 10.2 Å². The number of halogens is 1. The van der Waals surface area contributed by atoms with Crippen LogP contribution in [0.2, 0.25) is 0 Å². The molecule has 1 amide bonds. The van der Waals surface area contributed by atoms with Gasteiger partial charge in [0.1, 0.15) is 5.75 Å². The van der Waals surface area contributed by atoms with Gasteiger partial charge in [-0.3, -0.25) is 4.79 Å². The van der Waals surface area contributed by atoms with Gasteiger partial charge in [0, 0.05) is 32.6 Å². The summed E-state index contributed by atoms with van der Waals surface area (Å²) in [5, 5.41) is 3.30. The summed E-state index contributed by atoms with van der Waals surface area (Å²) < 4.78 is 10.6. The molecule has 5 nitrogen and oxygen atoms in total. The molecule has 22 heavy (non-hydrogen) atoms. The number of hydrogen-bond donors (Lipinski definition) is 1. The summed E-state index contributed by atoms with van der Waals surface area (Å²) in [5.41, 5.74) is 2.19. The van der Waals surface area contributed by atoms with Crippen molar-refractivity contribution in [2.75, 3.05) is 33.9 Å². The SMILES string of the molecule is COc1ccc(CN(C)C(=O)CC2COCCN2)cc1C.Cl. The van der Waals surface area contributed by atoms with Crippen LogP contribution >= 0.6 is 12.4 Å². The number of amides is 1. The van der Waals surface area contributed by atoms with E-state index in [9.17, 15) is 4.79 Å². The number of rotatable bonds is 5. The number of nitrogens with zero attached hydrogens (tertiary/aromatic N) is 1. The maximum atomic E-state index is 12.2. The monoisotopic (exact) mass is 328 g/mol. The Labute approximate surface area is 138 Å². The smallest absolute Gasteiger partial charge is 0.224 e. The molecular weight excluding hydrogens is 304 g/mol. The van der Waals surface area contributed by atoms with Crippen molar-refractivity contribution < 1.29 is 14.3 Å². The maximum Gasteiger partial charge on any atom is 0.224 e. The summed E-state index contributed by atoms with van der Waals surface area (Å²) in [6, 6.07) is 6.13. The first-order chi connectivity index (χ1) is 10.1. The molecule has 1 aliphatic heterocycles. The molecule has 1 fully saturated rings. The molecule has 124 valence electrons. The number of nitrogens with one attached hydrogen (secondary N) is 1. The predicted molar refractivity (Wildman–Crippen MR) is 88.7 cm³/mol. The Kier molecular flexibility index (Phi) is 7.65. The van der Waals surface area contributed by atoms with Crippen molar-refractivity contribution in [1.29, 1.82) is 0 Å². The van der Waals surface area contributed by atoms with Gasteiger partial charge in [-0.15, -0.1) is 12.4 Å². The number of carbonyl (C=O) groups is 1. The molecule has 0 radical (unpaired) electrons. The molecule has 1 aromatic rings. The Morgan fingerprint density at radius 3 is 2.86 bits per heavy atom. The molecule has 0 saturated carbocycles. The van der Waals surface area contributed by atoms with Gasteiger partial charge in [-0.25, -0.2) is 0 Å². The lowest BCUT2D eigenvalue weighted by Gasteiger charge is -2.26. The number of methoxy groups -OCH3 is 1. The van der Waals surface area contributed by atoms with Crippen LogP contribution in [0.4, 0.5) is 0 Å². The number of benzene rings is 1. The van der Waals surface area contributed by atoms with Gasteiger partial charge >= 0.3 is 0 Å². The van der Waals surface area contributed by atoms with Crippen LogP contribution in [0.1, 0.15) is 17.5 Å². The van der Waals surface area contributed by atoms with Gasteiger partial charge in [-0.2, -0.15) is 0 Å². The molecule has 0 aliphatic carbocycles. The zero-order valence-corrected chi connectivity index (χ0v) is 14.2. The summed E-state index contributed by atoms with van der Waals surface area (Å²) in [7, 11) is 3.50. The molecule has 2 rings (SSSR count). The van der Waals surface area contributed by atoms with E-state index in [1.165, 1.54) is 0 Å². The van der Waals surface area contributed by atoms with Crippen molar-refractivity contribution in [3.63, 3.8) is 0 Å². The minimum absolute atomic E-state index is 0. The lowest BCUT2D eigenvalue weighted by Crippen LogP contribution is -2.44. The first-order valence-electron chi connectivity index (χ1n) is 7.28. The molecule has 1 aromatic carbocycles. The van der Waals surface area contributed by atoms with Gasteiger partial charge in [0.05, 0.1) is 20.3 Å². The van der Waals surface area contributed by atoms with Crippen molar-refractivity contribution in [3.05, 3.63) is 29.3 Å². The number of aryl methyl sites for hydroxylation is 1. The fourth-order valence-electron chi connectivity index (χ4n) is 2.52. The van der Waals surface area contributed by atoms with Crippen molar-refractivity contribution >= 4 is 18.3 Å². The Morgan fingerprint density at radius 2 is 2.27 bits per heavy atom. The molecule has 0 aromatic heterocycles. The second-order valence-electron chi connectivity index (χ2n) is 5.48. The molecule has 1 N–H and O–H groups in total. The number of hydrogen-bond acceptors (Lipinski definition) is 4. The fourth-order valence-corrected chi connectivity index (χ4v) is 2.52. The van der Waals surface area contributed by atoms with Gasteiger partial charge in [-0.05, 0) is 24.1 Å². The highest BCUT2D eigenvalue weighted by molar-refractivity contribution is 5.85. The van der Waals surface area contributed by atoms with Crippen LogP contribution < -0.4 is 10.1 Å². The number of ether oxygens (including phenoxy) is 2. The van der Waals surface area contributed by atoms with Gasteiger partial charge in [-0.1, -0.05) is 12.1 Å². The van der Waals surface area contributed by atoms with E-state index in [4.69, 9.17) is 9.47 Å². The first kappa shape index (κ1) is 18.7. The van der Waals surface area contributed by atoms with E-state index in [1.807, 2.05) is 26.1 Å². The summed E-state index contributed by atoms with van der Waals surface area (Å²) >= 11 is 0. The van der Waals surface area contributed by atoms with Crippen LogP contribution in [0.3, 0.4) is 0 Å². The van der Waals surface area contributed by atoms with Crippen molar-refractivity contribution in [3.8, 4) is 5.75 Å². The molecule has 6 heteroatoms. The summed E-state index contributed by atoms with van der Waals surface area (Å²) in [4.78, 5) is 14.0. The summed E-state index contributed by atoms with van der Waals surface area (Å²) in [5.74, 6) is 1.00. The Hall–Kier alpha value is -1.30. The van der Waals surface area contributed by atoms with Gasteiger partial charge in [0.15, 0.2) is 0 Å². The molecule has 1 aliphatic rings. The highest BCUT2D eigenvalue weighted by atomic mass is 35.5. The second-order valence-corrected chi connectivity index (χ2v) is 5.48. The van der Waals surface area contributed by atoms with E-state index >= 15 is 0 Å². The van der Waals surface area contributed by atoms with E-state index in [2.05, 4.69) is 11.4 Å². The maximum absolute atomic E-state index is 12.2. The third kappa shape index (κ3) is 5.16. The second kappa shape index (κ2) is 8.98. The Balaban J connectivity index is 0.00000242. The highest BCUT2D eigenvalue weighted by Crippen LogP contribution is 2.19. The average molecular weight is 329 g/mol. The van der Waals surface area contributed by atoms with Gasteiger partial charge in [0.2, 0.25) is 5.91 Å². The van der Waals surface area contributed by atoms with Crippen LogP contribution in [0.15, 0.2) is 18.2 Å². The average Bonchev–Trinajstić information content (AvgIpc) is 2.48. The molecule has 1 unspecified atom stereocenters. The lowest BCUT2D eigenvalue weighted by atomic mass is 10.1. The first-order valence-corrected chi connectivity index (χ1v) is 7.28. The van der Waals surface area contributed by atoms with Gasteiger partial charge < -0.3 is 19.7 Å². The highest BCUT2D eigenvalue weighted by Gasteiger charge is 2.19. The quantitative estimate of drug-likeness (QED) is 0.895. The van der Waals surface area contributed by atoms with E-state index in [1.54, 1.807) is 12.0 Å². The molecule has 1 atom stereocenters. The number of carbonyl (C=O) groups excluding carboxylic acids is 1. The standard InChI is InChI=1S/C16H24N2O3.ClH/c1-12-8-13(4-5-15(12)20-3)10-18(2)16(19)9-14-11-21-7-6-17-14;/h4-5,8,14,17H,6-7,9-11H2,1-3H3;1H. The van der Waals surface area contributed by atoms with Crippen LogP contribution in [0, 0.1) is 6.92 Å². The van der Waals surface area contributed by atoms with E-state index in [0.717, 1.165) is 30.0 Å². The van der Waals surface area contributed by atoms with Crippen molar-refractivity contribution in [2.45, 2.75) is 25.9 Å². The zero-order chi connectivity index (χ0) is 15.2. The molecule has 0 spiro atoms. The summed E-state index contributed by atoms with van der Waals surface area (Å²) in [6.07, 6.45) is 0.478. The summed E-state index contributed by atoms with van der Waals surface area (Å²) in [6.45, 7) is 4.77. The zero-order valence-electron chi connectivity index (χ0n) is 13.4. The Bertz CT molecular complexity index is 490. The van der Waals surface area contributed by atoms with E-state index in [0.29, 0.717) is 19.6 Å². The molecular formula is C16H25ClN2O3. The minimum atomic E-state index is 0. The van der Waals surface area contributed by atoms with Crippen molar-refractivity contribution in [2.24, 2.45) is 0 Å². The topological polar surface area (TPSA) is 50.8 Å². The molecule has 0 bridgehead atoms. The predicted octanol–water partition coefficient (Wildman–Crippen LogP) is 1.76. The molecule has 1 heterocycles. The van der Waals surface area contributed by atoms with E-state index in [-0.39, 0.29) is 24.4 Å². The molecule has 1 saturated heterocycles. The fraction of sp³-hybridized carbons (Fsp3) is 0.562. The van der Waals surface area contributed by atoms with Crippen LogP contribution in [-0.4, -0.2) is 50.8 Å². The van der Waals surface area contributed by atoms with Gasteiger partial charge in [0.25, 0.3) is 0 Å². The normalized spacial score (nSPS) is 17.5. The number of morpholine rings is 1. The third-order valence-electron chi connectivity index (χ3n) is 3.72. The largest absolute Gasteiger partial charge is 0.496 e. The van der Waals surface area contributed by atoms with Crippen LogP contribution in [-0.2, 0) is 16.1 Å². The van der Waals surface area contributed by atoms with Crippen LogP contribution in [0.5, 0.6) is 5.75 Å². The third-order valence-corrected chi connectivity index (χ3v) is 3.72. The van der Waals surface area contributed by atoms with Crippen LogP contribution in [0.25, 0.3) is 0 Å².